The fourth-order valence-electron chi connectivity index (χ4n) is 1.06. The van der Waals surface area contributed by atoms with Gasteiger partial charge in [-0.05, 0) is 17.6 Å². The third kappa shape index (κ3) is 3.38. The zero-order chi connectivity index (χ0) is 11.4. The number of anilines is 1. The number of carbonyl (C=O) groups excluding carboxylic acids is 1. The highest BCUT2D eigenvalue weighted by atomic mass is 16.4. The van der Waals surface area contributed by atoms with Crippen LogP contribution < -0.4 is 10.8 Å². The maximum atomic E-state index is 11.4. The molecule has 0 saturated heterocycles. The molecule has 1 amide bonds. The van der Waals surface area contributed by atoms with E-state index in [2.05, 4.69) is 5.32 Å². The summed E-state index contributed by atoms with van der Waals surface area (Å²) in [6.45, 7) is 3.58. The van der Waals surface area contributed by atoms with E-state index in [0.29, 0.717) is 11.2 Å². The van der Waals surface area contributed by atoms with Crippen LogP contribution in [0.1, 0.15) is 13.8 Å². The number of hydrogen-bond acceptors (Lipinski definition) is 3. The average Bonchev–Trinajstić information content (AvgIpc) is 2.18. The summed E-state index contributed by atoms with van der Waals surface area (Å²) >= 11 is 0. The second-order valence-corrected chi connectivity index (χ2v) is 3.64. The molecule has 0 unspecified atom stereocenters. The molecule has 0 atom stereocenters. The van der Waals surface area contributed by atoms with Crippen molar-refractivity contribution in [2.24, 2.45) is 5.92 Å². The van der Waals surface area contributed by atoms with Gasteiger partial charge in [-0.2, -0.15) is 0 Å². The lowest BCUT2D eigenvalue weighted by Gasteiger charge is -2.08. The smallest absolute Gasteiger partial charge is 0.423 e. The van der Waals surface area contributed by atoms with Crippen molar-refractivity contribution < 1.29 is 14.8 Å². The van der Waals surface area contributed by atoms with Gasteiger partial charge in [0, 0.05) is 11.6 Å². The molecule has 80 valence electrons. The summed E-state index contributed by atoms with van der Waals surface area (Å²) in [6.07, 6.45) is 0. The third-order valence-electron chi connectivity index (χ3n) is 1.98. The van der Waals surface area contributed by atoms with Crippen LogP contribution in [0.25, 0.3) is 0 Å². The molecule has 0 aliphatic heterocycles. The highest BCUT2D eigenvalue weighted by Gasteiger charge is 2.12. The second kappa shape index (κ2) is 4.95. The van der Waals surface area contributed by atoms with Crippen LogP contribution in [0.15, 0.2) is 24.3 Å². The zero-order valence-corrected chi connectivity index (χ0v) is 8.77. The third-order valence-corrected chi connectivity index (χ3v) is 1.98. The summed E-state index contributed by atoms with van der Waals surface area (Å²) in [5.41, 5.74) is 0.927. The van der Waals surface area contributed by atoms with Gasteiger partial charge in [-0.15, -0.1) is 0 Å². The van der Waals surface area contributed by atoms with Crippen LogP contribution in [-0.2, 0) is 4.79 Å². The summed E-state index contributed by atoms with van der Waals surface area (Å²) in [7, 11) is -1.51. The second-order valence-electron chi connectivity index (χ2n) is 3.64. The highest BCUT2D eigenvalue weighted by molar-refractivity contribution is 6.58. The van der Waals surface area contributed by atoms with Crippen molar-refractivity contribution >= 4 is 24.2 Å². The van der Waals surface area contributed by atoms with Crippen LogP contribution in [0.3, 0.4) is 0 Å². The minimum absolute atomic E-state index is 0.0976. The normalized spacial score (nSPS) is 10.2. The molecular formula is C10H14BNO3. The van der Waals surface area contributed by atoms with Crippen LogP contribution in [-0.4, -0.2) is 23.1 Å². The Balaban J connectivity index is 2.78. The average molecular weight is 207 g/mol. The molecular weight excluding hydrogens is 193 g/mol. The first-order chi connectivity index (χ1) is 7.00. The molecule has 0 aromatic heterocycles. The highest BCUT2D eigenvalue weighted by Crippen LogP contribution is 2.06. The molecule has 4 nitrogen and oxygen atoms in total. The van der Waals surface area contributed by atoms with E-state index < -0.39 is 7.12 Å². The Hall–Kier alpha value is -1.33. The molecule has 15 heavy (non-hydrogen) atoms. The Bertz CT molecular complexity index is 352. The molecule has 1 rings (SSSR count). The maximum absolute atomic E-state index is 11.4. The summed E-state index contributed by atoms with van der Waals surface area (Å²) in [4.78, 5) is 11.4. The van der Waals surface area contributed by atoms with Gasteiger partial charge in [-0.1, -0.05) is 26.0 Å². The van der Waals surface area contributed by atoms with Gasteiger partial charge < -0.3 is 15.4 Å². The number of hydrogen-bond donors (Lipinski definition) is 3. The standard InChI is InChI=1S/C10H14BNO3/c1-7(2)10(13)12-9-5-3-4-8(6-9)11(14)15/h3-7,14-15H,1-2H3,(H,12,13). The van der Waals surface area contributed by atoms with E-state index in [-0.39, 0.29) is 11.8 Å². The van der Waals surface area contributed by atoms with Crippen molar-refractivity contribution in [2.75, 3.05) is 5.32 Å². The van der Waals surface area contributed by atoms with E-state index in [1.54, 1.807) is 32.0 Å². The van der Waals surface area contributed by atoms with Crippen molar-refractivity contribution in [1.82, 2.24) is 0 Å². The topological polar surface area (TPSA) is 69.6 Å². The molecule has 0 fully saturated rings. The molecule has 0 radical (unpaired) electrons. The van der Waals surface area contributed by atoms with Crippen LogP contribution in [0.2, 0.25) is 0 Å². The van der Waals surface area contributed by atoms with Gasteiger partial charge in [0.2, 0.25) is 5.91 Å². The molecule has 3 N–H and O–H groups in total. The van der Waals surface area contributed by atoms with Gasteiger partial charge in [-0.3, -0.25) is 4.79 Å². The summed E-state index contributed by atoms with van der Waals surface area (Å²) < 4.78 is 0. The van der Waals surface area contributed by atoms with Crippen LogP contribution in [0, 0.1) is 5.92 Å². The predicted molar refractivity (Wildman–Crippen MR) is 59.7 cm³/mol. The number of rotatable bonds is 3. The molecule has 0 heterocycles. The Labute approximate surface area is 89.1 Å². The van der Waals surface area contributed by atoms with E-state index >= 15 is 0 Å². The quantitative estimate of drug-likeness (QED) is 0.609. The molecule has 0 saturated carbocycles. The summed E-state index contributed by atoms with van der Waals surface area (Å²) in [5.74, 6) is -0.202. The van der Waals surface area contributed by atoms with E-state index in [1.807, 2.05) is 0 Å². The fraction of sp³-hybridized carbons (Fsp3) is 0.300. The van der Waals surface area contributed by atoms with Crippen LogP contribution in [0.5, 0.6) is 0 Å². The SMILES string of the molecule is CC(C)C(=O)Nc1cccc(B(O)O)c1. The fourth-order valence-corrected chi connectivity index (χ4v) is 1.06. The van der Waals surface area contributed by atoms with Crippen LogP contribution >= 0.6 is 0 Å². The first-order valence-electron chi connectivity index (χ1n) is 4.77. The van der Waals surface area contributed by atoms with Crippen molar-refractivity contribution in [2.45, 2.75) is 13.8 Å². The van der Waals surface area contributed by atoms with E-state index in [4.69, 9.17) is 10.0 Å². The predicted octanol–water partition coefficient (Wildman–Crippen LogP) is -0.0391. The Morgan fingerprint density at radius 3 is 2.60 bits per heavy atom. The lowest BCUT2D eigenvalue weighted by molar-refractivity contribution is -0.118. The molecule has 0 aliphatic rings. The summed E-state index contributed by atoms with van der Waals surface area (Å²) in [5, 5.41) is 20.5. The molecule has 0 aliphatic carbocycles. The van der Waals surface area contributed by atoms with Crippen molar-refractivity contribution in [1.29, 1.82) is 0 Å². The Morgan fingerprint density at radius 1 is 1.40 bits per heavy atom. The Morgan fingerprint density at radius 2 is 2.07 bits per heavy atom. The van der Waals surface area contributed by atoms with Crippen LogP contribution in [0.4, 0.5) is 5.69 Å². The van der Waals surface area contributed by atoms with Gasteiger partial charge in [-0.25, -0.2) is 0 Å². The molecule has 1 aromatic rings. The zero-order valence-electron chi connectivity index (χ0n) is 8.77. The maximum Gasteiger partial charge on any atom is 0.488 e. The van der Waals surface area contributed by atoms with Gasteiger partial charge in [0.15, 0.2) is 0 Å². The van der Waals surface area contributed by atoms with E-state index in [1.165, 1.54) is 6.07 Å². The van der Waals surface area contributed by atoms with Gasteiger partial charge >= 0.3 is 7.12 Å². The molecule has 1 aromatic carbocycles. The minimum atomic E-state index is -1.51. The number of carbonyl (C=O) groups is 1. The molecule has 5 heteroatoms. The van der Waals surface area contributed by atoms with Crippen molar-refractivity contribution in [3.8, 4) is 0 Å². The van der Waals surface area contributed by atoms with Gasteiger partial charge in [0.05, 0.1) is 0 Å². The minimum Gasteiger partial charge on any atom is -0.423 e. The summed E-state index contributed by atoms with van der Waals surface area (Å²) in [6, 6.07) is 6.47. The van der Waals surface area contributed by atoms with E-state index in [0.717, 1.165) is 0 Å². The largest absolute Gasteiger partial charge is 0.488 e. The van der Waals surface area contributed by atoms with Gasteiger partial charge in [0.25, 0.3) is 0 Å². The monoisotopic (exact) mass is 207 g/mol. The number of benzene rings is 1. The lowest BCUT2D eigenvalue weighted by Crippen LogP contribution is -2.30. The van der Waals surface area contributed by atoms with Gasteiger partial charge in [0.1, 0.15) is 0 Å². The Kier molecular flexibility index (Phi) is 3.88. The number of amides is 1. The van der Waals surface area contributed by atoms with Crippen molar-refractivity contribution in [3.05, 3.63) is 24.3 Å². The first kappa shape index (κ1) is 11.7. The van der Waals surface area contributed by atoms with E-state index in [9.17, 15) is 4.79 Å². The van der Waals surface area contributed by atoms with Crippen molar-refractivity contribution in [3.63, 3.8) is 0 Å². The number of nitrogens with one attached hydrogen (secondary N) is 1. The first-order valence-corrected chi connectivity index (χ1v) is 4.77. The molecule has 0 bridgehead atoms. The molecule has 0 spiro atoms. The lowest BCUT2D eigenvalue weighted by atomic mass is 9.80.